The zero-order valence-corrected chi connectivity index (χ0v) is 11.4. The van der Waals surface area contributed by atoms with E-state index >= 15 is 0 Å². The lowest BCUT2D eigenvalue weighted by Crippen LogP contribution is -2.26. The van der Waals surface area contributed by atoms with E-state index in [9.17, 15) is 4.79 Å². The first-order valence-electron chi connectivity index (χ1n) is 5.77. The first-order valence-corrected chi connectivity index (χ1v) is 6.15. The van der Waals surface area contributed by atoms with Gasteiger partial charge in [0.2, 0.25) is 0 Å². The molecule has 0 bridgehead atoms. The molecular weight excluding hydrogens is 254 g/mol. The summed E-state index contributed by atoms with van der Waals surface area (Å²) in [4.78, 5) is 11.9. The maximum atomic E-state index is 11.9. The van der Waals surface area contributed by atoms with Crippen molar-refractivity contribution in [2.24, 2.45) is 0 Å². The van der Waals surface area contributed by atoms with Crippen LogP contribution < -0.4 is 10.9 Å². The number of nitrogens with one attached hydrogen (secondary N) is 1. The lowest BCUT2D eigenvalue weighted by molar-refractivity contribution is 0.173. The Morgan fingerprint density at radius 3 is 3.00 bits per heavy atom. The highest BCUT2D eigenvalue weighted by Crippen LogP contribution is 2.15. The van der Waals surface area contributed by atoms with Gasteiger partial charge in [-0.3, -0.25) is 4.79 Å². The molecule has 1 aromatic heterocycles. The van der Waals surface area contributed by atoms with Crippen LogP contribution in [0.4, 0.5) is 5.69 Å². The van der Waals surface area contributed by atoms with Crippen LogP contribution >= 0.6 is 11.6 Å². The molecule has 0 atom stereocenters. The summed E-state index contributed by atoms with van der Waals surface area (Å²) in [5.74, 6) is 0. The molecule has 18 heavy (non-hydrogen) atoms. The molecule has 1 heterocycles. The number of halogens is 1. The SMILES string of the molecule is C=CCOCCNc1cnn(C(C)C)c(=O)c1Cl. The van der Waals surface area contributed by atoms with E-state index < -0.39 is 0 Å². The molecule has 0 saturated carbocycles. The molecule has 0 amide bonds. The van der Waals surface area contributed by atoms with Crippen molar-refractivity contribution in [1.29, 1.82) is 0 Å². The minimum atomic E-state index is -0.288. The molecule has 0 spiro atoms. The second-order valence-corrected chi connectivity index (χ2v) is 4.38. The van der Waals surface area contributed by atoms with Gasteiger partial charge in [0.25, 0.3) is 5.56 Å². The highest BCUT2D eigenvalue weighted by molar-refractivity contribution is 6.32. The lowest BCUT2D eigenvalue weighted by atomic mass is 10.4. The van der Waals surface area contributed by atoms with E-state index in [1.54, 1.807) is 12.3 Å². The number of hydrogen-bond acceptors (Lipinski definition) is 4. The van der Waals surface area contributed by atoms with Gasteiger partial charge in [-0.1, -0.05) is 17.7 Å². The Bertz CT molecular complexity index is 457. The van der Waals surface area contributed by atoms with Crippen molar-refractivity contribution in [3.8, 4) is 0 Å². The largest absolute Gasteiger partial charge is 0.380 e. The van der Waals surface area contributed by atoms with Gasteiger partial charge in [-0.05, 0) is 13.8 Å². The molecule has 0 fully saturated rings. The summed E-state index contributed by atoms with van der Waals surface area (Å²) in [6, 6.07) is -0.0139. The van der Waals surface area contributed by atoms with E-state index in [4.69, 9.17) is 16.3 Å². The molecule has 0 radical (unpaired) electrons. The summed E-state index contributed by atoms with van der Waals surface area (Å²) in [6.45, 7) is 8.87. The summed E-state index contributed by atoms with van der Waals surface area (Å²) in [5.41, 5.74) is 0.240. The summed E-state index contributed by atoms with van der Waals surface area (Å²) in [5, 5.41) is 7.22. The molecular formula is C12H18ClN3O2. The predicted octanol–water partition coefficient (Wildman–Crippen LogP) is 2.09. The van der Waals surface area contributed by atoms with Gasteiger partial charge >= 0.3 is 0 Å². The van der Waals surface area contributed by atoms with E-state index in [1.165, 1.54) is 4.68 Å². The van der Waals surface area contributed by atoms with Crippen LogP contribution in [0, 0.1) is 0 Å². The maximum absolute atomic E-state index is 11.9. The third-order valence-corrected chi connectivity index (χ3v) is 2.60. The van der Waals surface area contributed by atoms with Crippen LogP contribution in [0.3, 0.4) is 0 Å². The Hall–Kier alpha value is -1.33. The number of ether oxygens (including phenoxy) is 1. The van der Waals surface area contributed by atoms with Crippen LogP contribution in [0.2, 0.25) is 5.02 Å². The summed E-state index contributed by atoms with van der Waals surface area (Å²) < 4.78 is 6.56. The van der Waals surface area contributed by atoms with Crippen molar-refractivity contribution < 1.29 is 4.74 Å². The van der Waals surface area contributed by atoms with Crippen LogP contribution in [-0.4, -0.2) is 29.5 Å². The molecule has 0 aliphatic rings. The summed E-state index contributed by atoms with van der Waals surface area (Å²) in [6.07, 6.45) is 3.23. The fraction of sp³-hybridized carbons (Fsp3) is 0.500. The molecule has 0 aliphatic carbocycles. The molecule has 1 rings (SSSR count). The quantitative estimate of drug-likeness (QED) is 0.609. The molecule has 0 aliphatic heterocycles. The van der Waals surface area contributed by atoms with Crippen molar-refractivity contribution in [2.45, 2.75) is 19.9 Å². The van der Waals surface area contributed by atoms with Gasteiger partial charge in [0.05, 0.1) is 31.1 Å². The van der Waals surface area contributed by atoms with Gasteiger partial charge in [-0.15, -0.1) is 6.58 Å². The normalized spacial score (nSPS) is 10.7. The first-order chi connectivity index (χ1) is 8.57. The van der Waals surface area contributed by atoms with Crippen LogP contribution in [0.15, 0.2) is 23.6 Å². The number of anilines is 1. The van der Waals surface area contributed by atoms with Crippen molar-refractivity contribution in [3.05, 3.63) is 34.2 Å². The maximum Gasteiger partial charge on any atom is 0.287 e. The molecule has 5 nitrogen and oxygen atoms in total. The molecule has 100 valence electrons. The Morgan fingerprint density at radius 2 is 2.39 bits per heavy atom. The Balaban J connectivity index is 2.65. The minimum Gasteiger partial charge on any atom is -0.380 e. The number of hydrogen-bond donors (Lipinski definition) is 1. The fourth-order valence-electron chi connectivity index (χ4n) is 1.36. The Morgan fingerprint density at radius 1 is 1.67 bits per heavy atom. The van der Waals surface area contributed by atoms with Crippen LogP contribution in [0.5, 0.6) is 0 Å². The Labute approximate surface area is 111 Å². The second kappa shape index (κ2) is 7.18. The number of nitrogens with zero attached hydrogens (tertiary/aromatic N) is 2. The molecule has 0 unspecified atom stereocenters. The van der Waals surface area contributed by atoms with E-state index in [0.717, 1.165) is 0 Å². The van der Waals surface area contributed by atoms with E-state index in [1.807, 2.05) is 13.8 Å². The van der Waals surface area contributed by atoms with Gasteiger partial charge in [0.15, 0.2) is 0 Å². The average molecular weight is 272 g/mol. The molecule has 0 saturated heterocycles. The van der Waals surface area contributed by atoms with Crippen molar-refractivity contribution in [1.82, 2.24) is 9.78 Å². The predicted molar refractivity (Wildman–Crippen MR) is 73.4 cm³/mol. The van der Waals surface area contributed by atoms with Crippen molar-refractivity contribution in [2.75, 3.05) is 25.1 Å². The number of rotatable bonds is 7. The molecule has 6 heteroatoms. The van der Waals surface area contributed by atoms with Crippen LogP contribution in [0.25, 0.3) is 0 Å². The monoisotopic (exact) mass is 271 g/mol. The number of aromatic nitrogens is 2. The minimum absolute atomic E-state index is 0.0139. The van der Waals surface area contributed by atoms with Gasteiger partial charge in [-0.25, -0.2) is 4.68 Å². The first kappa shape index (κ1) is 14.7. The summed E-state index contributed by atoms with van der Waals surface area (Å²) >= 11 is 5.99. The highest BCUT2D eigenvalue weighted by Gasteiger charge is 2.10. The van der Waals surface area contributed by atoms with Gasteiger partial charge in [0.1, 0.15) is 5.02 Å². The molecule has 0 aromatic carbocycles. The van der Waals surface area contributed by atoms with Gasteiger partial charge in [0, 0.05) is 6.54 Å². The van der Waals surface area contributed by atoms with Gasteiger partial charge < -0.3 is 10.1 Å². The molecule has 1 aromatic rings. The Kier molecular flexibility index (Phi) is 5.88. The van der Waals surface area contributed by atoms with Gasteiger partial charge in [-0.2, -0.15) is 5.10 Å². The second-order valence-electron chi connectivity index (χ2n) is 4.01. The van der Waals surface area contributed by atoms with E-state index in [2.05, 4.69) is 17.0 Å². The van der Waals surface area contributed by atoms with Crippen LogP contribution in [-0.2, 0) is 4.74 Å². The smallest absolute Gasteiger partial charge is 0.287 e. The van der Waals surface area contributed by atoms with Crippen molar-refractivity contribution in [3.63, 3.8) is 0 Å². The molecule has 1 N–H and O–H groups in total. The topological polar surface area (TPSA) is 56.1 Å². The van der Waals surface area contributed by atoms with E-state index in [-0.39, 0.29) is 16.6 Å². The lowest BCUT2D eigenvalue weighted by Gasteiger charge is -2.12. The summed E-state index contributed by atoms with van der Waals surface area (Å²) in [7, 11) is 0. The van der Waals surface area contributed by atoms with Crippen LogP contribution in [0.1, 0.15) is 19.9 Å². The zero-order chi connectivity index (χ0) is 13.5. The zero-order valence-electron chi connectivity index (χ0n) is 10.6. The van der Waals surface area contributed by atoms with Crippen molar-refractivity contribution >= 4 is 17.3 Å². The highest BCUT2D eigenvalue weighted by atomic mass is 35.5. The van der Waals surface area contributed by atoms with E-state index in [0.29, 0.717) is 25.4 Å². The third kappa shape index (κ3) is 3.85. The standard InChI is InChI=1S/C12H18ClN3O2/c1-4-6-18-7-5-14-10-8-15-16(9(2)3)12(17)11(10)13/h4,8-9,14H,1,5-7H2,2-3H3. The fourth-order valence-corrected chi connectivity index (χ4v) is 1.56. The third-order valence-electron chi connectivity index (χ3n) is 2.23. The average Bonchev–Trinajstić information content (AvgIpc) is 2.33.